The van der Waals surface area contributed by atoms with E-state index in [9.17, 15) is 0 Å². The summed E-state index contributed by atoms with van der Waals surface area (Å²) in [5.41, 5.74) is 1.09. The van der Waals surface area contributed by atoms with Gasteiger partial charge in [-0.15, -0.1) is 0 Å². The van der Waals surface area contributed by atoms with Gasteiger partial charge in [0.15, 0.2) is 0 Å². The van der Waals surface area contributed by atoms with Gasteiger partial charge in [-0.2, -0.15) is 0 Å². The van der Waals surface area contributed by atoms with Gasteiger partial charge in [0, 0.05) is 0 Å². The first-order valence-electron chi connectivity index (χ1n) is 3.32. The lowest BCUT2D eigenvalue weighted by Crippen LogP contribution is -1.68. The fourth-order valence-corrected chi connectivity index (χ4v) is 0.757. The van der Waals surface area contributed by atoms with E-state index in [1.807, 2.05) is 36.4 Å². The molecule has 0 atom stereocenters. The highest BCUT2D eigenvalue weighted by Crippen LogP contribution is 1.99. The van der Waals surface area contributed by atoms with Crippen molar-refractivity contribution in [3.8, 4) is 0 Å². The summed E-state index contributed by atoms with van der Waals surface area (Å²) < 4.78 is 0. The molecule has 0 aromatic heterocycles. The van der Waals surface area contributed by atoms with Crippen molar-refractivity contribution in [2.45, 2.75) is 0 Å². The summed E-state index contributed by atoms with van der Waals surface area (Å²) in [4.78, 5) is 0. The molecule has 0 radical (unpaired) electrons. The zero-order valence-electron chi connectivity index (χ0n) is 6.01. The largest absolute Gasteiger partial charge is 0.411 e. The predicted octanol–water partition coefficient (Wildman–Crippen LogP) is 2.16. The van der Waals surface area contributed by atoms with E-state index in [1.165, 1.54) is 6.21 Å². The van der Waals surface area contributed by atoms with Crippen molar-refractivity contribution in [2.24, 2.45) is 5.16 Å². The molecular weight excluding hydrogens is 138 g/mol. The molecule has 0 saturated heterocycles. The molecule has 0 unspecified atom stereocenters. The third kappa shape index (κ3) is 2.67. The number of hydrogen-bond acceptors (Lipinski definition) is 2. The van der Waals surface area contributed by atoms with E-state index in [-0.39, 0.29) is 0 Å². The summed E-state index contributed by atoms with van der Waals surface area (Å²) in [5, 5.41) is 10.9. The third-order valence-electron chi connectivity index (χ3n) is 1.24. The van der Waals surface area contributed by atoms with Crippen molar-refractivity contribution in [1.29, 1.82) is 0 Å². The van der Waals surface area contributed by atoms with Crippen LogP contribution in [-0.2, 0) is 0 Å². The van der Waals surface area contributed by atoms with Gasteiger partial charge in [0.05, 0.1) is 6.21 Å². The van der Waals surface area contributed by atoms with Gasteiger partial charge in [-0.3, -0.25) is 0 Å². The third-order valence-corrected chi connectivity index (χ3v) is 1.24. The SMILES string of the molecule is O/N=C/C=C/c1ccccc1. The molecule has 1 rings (SSSR count). The molecule has 0 fully saturated rings. The maximum atomic E-state index is 8.06. The van der Waals surface area contributed by atoms with Crippen LogP contribution in [0.1, 0.15) is 5.56 Å². The number of rotatable bonds is 2. The first-order chi connectivity index (χ1) is 5.43. The number of allylic oxidation sites excluding steroid dienone is 1. The van der Waals surface area contributed by atoms with Crippen LogP contribution in [0.2, 0.25) is 0 Å². The maximum absolute atomic E-state index is 8.06. The van der Waals surface area contributed by atoms with Crippen molar-refractivity contribution < 1.29 is 5.21 Å². The molecule has 0 heterocycles. The van der Waals surface area contributed by atoms with Crippen LogP contribution < -0.4 is 0 Å². The van der Waals surface area contributed by atoms with Crippen molar-refractivity contribution in [3.05, 3.63) is 42.0 Å². The zero-order chi connectivity index (χ0) is 7.94. The molecule has 0 saturated carbocycles. The summed E-state index contributed by atoms with van der Waals surface area (Å²) in [6.07, 6.45) is 4.86. The standard InChI is InChI=1S/C9H9NO/c11-10-8-4-7-9-5-2-1-3-6-9/h1-8,11H/b7-4+,10-8+. The van der Waals surface area contributed by atoms with Gasteiger partial charge in [0.25, 0.3) is 0 Å². The van der Waals surface area contributed by atoms with Crippen molar-refractivity contribution in [2.75, 3.05) is 0 Å². The van der Waals surface area contributed by atoms with Gasteiger partial charge >= 0.3 is 0 Å². The number of benzene rings is 1. The summed E-state index contributed by atoms with van der Waals surface area (Å²) >= 11 is 0. The minimum atomic E-state index is 1.09. The lowest BCUT2D eigenvalue weighted by atomic mass is 10.2. The Morgan fingerprint density at radius 3 is 2.55 bits per heavy atom. The van der Waals surface area contributed by atoms with Gasteiger partial charge in [0.1, 0.15) is 0 Å². The molecular formula is C9H9NO. The Balaban J connectivity index is 2.64. The Hall–Kier alpha value is -1.57. The smallest absolute Gasteiger partial charge is 0.0661 e. The molecule has 0 bridgehead atoms. The van der Waals surface area contributed by atoms with Crippen molar-refractivity contribution >= 4 is 12.3 Å². The first-order valence-corrected chi connectivity index (χ1v) is 3.32. The van der Waals surface area contributed by atoms with E-state index in [4.69, 9.17) is 5.21 Å². The Bertz CT molecular complexity index is 252. The maximum Gasteiger partial charge on any atom is 0.0661 e. The van der Waals surface area contributed by atoms with Crippen LogP contribution >= 0.6 is 0 Å². The van der Waals surface area contributed by atoms with Crippen LogP contribution in [0.5, 0.6) is 0 Å². The van der Waals surface area contributed by atoms with E-state index in [1.54, 1.807) is 6.08 Å². The van der Waals surface area contributed by atoms with Crippen LogP contribution in [0, 0.1) is 0 Å². The molecule has 0 spiro atoms. The molecule has 11 heavy (non-hydrogen) atoms. The first kappa shape index (κ1) is 7.54. The summed E-state index contributed by atoms with van der Waals surface area (Å²) in [7, 11) is 0. The Labute approximate surface area is 65.5 Å². The van der Waals surface area contributed by atoms with Crippen LogP contribution in [0.4, 0.5) is 0 Å². The highest BCUT2D eigenvalue weighted by molar-refractivity contribution is 5.77. The van der Waals surface area contributed by atoms with Gasteiger partial charge in [-0.05, 0) is 11.6 Å². The minimum Gasteiger partial charge on any atom is -0.411 e. The highest BCUT2D eigenvalue weighted by Gasteiger charge is 1.79. The molecule has 1 aromatic rings. The fraction of sp³-hybridized carbons (Fsp3) is 0. The second-order valence-corrected chi connectivity index (χ2v) is 2.03. The number of oxime groups is 1. The quantitative estimate of drug-likeness (QED) is 0.388. The molecule has 0 aliphatic rings. The lowest BCUT2D eigenvalue weighted by Gasteiger charge is -1.87. The molecule has 0 amide bonds. The van der Waals surface area contributed by atoms with Gasteiger partial charge < -0.3 is 5.21 Å². The lowest BCUT2D eigenvalue weighted by molar-refractivity contribution is 0.322. The number of nitrogens with zero attached hydrogens (tertiary/aromatic N) is 1. The van der Waals surface area contributed by atoms with Gasteiger partial charge in [0.2, 0.25) is 0 Å². The van der Waals surface area contributed by atoms with Crippen LogP contribution in [0.15, 0.2) is 41.6 Å². The van der Waals surface area contributed by atoms with Crippen LogP contribution in [0.3, 0.4) is 0 Å². The Morgan fingerprint density at radius 1 is 1.18 bits per heavy atom. The minimum absolute atomic E-state index is 1.09. The predicted molar refractivity (Wildman–Crippen MR) is 45.8 cm³/mol. The molecule has 2 heteroatoms. The Kier molecular flexibility index (Phi) is 2.93. The van der Waals surface area contributed by atoms with Crippen molar-refractivity contribution in [1.82, 2.24) is 0 Å². The van der Waals surface area contributed by atoms with E-state index in [0.717, 1.165) is 5.56 Å². The van der Waals surface area contributed by atoms with Crippen LogP contribution in [-0.4, -0.2) is 11.4 Å². The molecule has 1 aromatic carbocycles. The summed E-state index contributed by atoms with van der Waals surface area (Å²) in [5.74, 6) is 0. The van der Waals surface area contributed by atoms with E-state index < -0.39 is 0 Å². The second kappa shape index (κ2) is 4.28. The number of hydrogen-bond donors (Lipinski definition) is 1. The topological polar surface area (TPSA) is 32.6 Å². The normalized spacial score (nSPS) is 11.3. The molecule has 0 aliphatic carbocycles. The zero-order valence-corrected chi connectivity index (χ0v) is 6.01. The molecule has 1 N–H and O–H groups in total. The summed E-state index contributed by atoms with van der Waals surface area (Å²) in [6.45, 7) is 0. The summed E-state index contributed by atoms with van der Waals surface area (Å²) in [6, 6.07) is 9.81. The average Bonchev–Trinajstić information content (AvgIpc) is 2.07. The second-order valence-electron chi connectivity index (χ2n) is 2.03. The van der Waals surface area contributed by atoms with Gasteiger partial charge in [-0.1, -0.05) is 41.6 Å². The van der Waals surface area contributed by atoms with E-state index in [2.05, 4.69) is 5.16 Å². The van der Waals surface area contributed by atoms with Crippen LogP contribution in [0.25, 0.3) is 6.08 Å². The van der Waals surface area contributed by atoms with E-state index >= 15 is 0 Å². The molecule has 56 valence electrons. The van der Waals surface area contributed by atoms with E-state index in [0.29, 0.717) is 0 Å². The van der Waals surface area contributed by atoms with Gasteiger partial charge in [-0.25, -0.2) is 0 Å². The Morgan fingerprint density at radius 2 is 1.91 bits per heavy atom. The highest BCUT2D eigenvalue weighted by atomic mass is 16.4. The fourth-order valence-electron chi connectivity index (χ4n) is 0.757. The average molecular weight is 147 g/mol. The molecule has 0 aliphatic heterocycles. The monoisotopic (exact) mass is 147 g/mol. The molecule has 2 nitrogen and oxygen atoms in total. The van der Waals surface area contributed by atoms with Crippen molar-refractivity contribution in [3.63, 3.8) is 0 Å².